The molecular formula is C13H16BrNO2S. The summed E-state index contributed by atoms with van der Waals surface area (Å²) in [6, 6.07) is 2.14. The minimum Gasteiger partial charge on any atom is -0.380 e. The molecule has 1 aliphatic heterocycles. The van der Waals surface area contributed by atoms with Crippen LogP contribution in [0, 0.1) is 0 Å². The van der Waals surface area contributed by atoms with Gasteiger partial charge in [-0.2, -0.15) is 0 Å². The Morgan fingerprint density at radius 1 is 1.44 bits per heavy atom. The number of aliphatic hydroxyl groups is 1. The fraction of sp³-hybridized carbons (Fsp3) is 0.615. The van der Waals surface area contributed by atoms with Crippen LogP contribution in [0.15, 0.2) is 9.85 Å². The number of carbonyl (C=O) groups is 1. The summed E-state index contributed by atoms with van der Waals surface area (Å²) in [6.07, 6.45) is 4.09. The van der Waals surface area contributed by atoms with Gasteiger partial charge >= 0.3 is 0 Å². The van der Waals surface area contributed by atoms with Gasteiger partial charge < -0.3 is 10.0 Å². The Bertz CT molecular complexity index is 479. The normalized spacial score (nSPS) is 22.0. The molecule has 0 radical (unpaired) electrons. The van der Waals surface area contributed by atoms with Gasteiger partial charge in [-0.1, -0.05) is 0 Å². The first kappa shape index (κ1) is 12.6. The fourth-order valence-electron chi connectivity index (χ4n) is 2.92. The number of hydrogen-bond donors (Lipinski definition) is 1. The zero-order valence-corrected chi connectivity index (χ0v) is 12.5. The van der Waals surface area contributed by atoms with Crippen LogP contribution in [0.2, 0.25) is 0 Å². The predicted octanol–water partition coefficient (Wildman–Crippen LogP) is 2.70. The largest absolute Gasteiger partial charge is 0.380 e. The Morgan fingerprint density at radius 2 is 2.17 bits per heavy atom. The van der Waals surface area contributed by atoms with E-state index in [4.69, 9.17) is 0 Å². The highest BCUT2D eigenvalue weighted by Crippen LogP contribution is 2.35. The van der Waals surface area contributed by atoms with Gasteiger partial charge in [0.1, 0.15) is 5.60 Å². The van der Waals surface area contributed by atoms with Gasteiger partial charge in [0, 0.05) is 11.4 Å². The third kappa shape index (κ3) is 2.12. The van der Waals surface area contributed by atoms with Gasteiger partial charge in [-0.25, -0.2) is 0 Å². The highest BCUT2D eigenvalue weighted by atomic mass is 79.9. The van der Waals surface area contributed by atoms with Crippen LogP contribution in [0.3, 0.4) is 0 Å². The molecule has 0 spiro atoms. The Morgan fingerprint density at radius 3 is 2.89 bits per heavy atom. The first-order valence-corrected chi connectivity index (χ1v) is 7.98. The molecule has 1 aromatic rings. The zero-order chi connectivity index (χ0) is 12.8. The van der Waals surface area contributed by atoms with Crippen LogP contribution in [0.4, 0.5) is 0 Å². The summed E-state index contributed by atoms with van der Waals surface area (Å²) in [5.41, 5.74) is 0.265. The van der Waals surface area contributed by atoms with E-state index in [2.05, 4.69) is 22.0 Å². The first-order chi connectivity index (χ1) is 8.58. The first-order valence-electron chi connectivity index (χ1n) is 6.37. The summed E-state index contributed by atoms with van der Waals surface area (Å²) >= 11 is 5.19. The molecule has 1 aliphatic carbocycles. The van der Waals surface area contributed by atoms with Gasteiger partial charge in [0.05, 0.1) is 10.3 Å². The molecule has 98 valence electrons. The van der Waals surface area contributed by atoms with E-state index >= 15 is 0 Å². The highest BCUT2D eigenvalue weighted by molar-refractivity contribution is 9.11. The molecule has 0 aromatic carbocycles. The third-order valence-corrected chi connectivity index (χ3v) is 5.63. The smallest absolute Gasteiger partial charge is 0.254 e. The van der Waals surface area contributed by atoms with Crippen molar-refractivity contribution >= 4 is 33.2 Å². The molecule has 1 saturated carbocycles. The molecule has 3 nitrogen and oxygen atoms in total. The monoisotopic (exact) mass is 329 g/mol. The van der Waals surface area contributed by atoms with Crippen molar-refractivity contribution in [3.8, 4) is 0 Å². The molecular weight excluding hydrogens is 314 g/mol. The van der Waals surface area contributed by atoms with Crippen molar-refractivity contribution in [2.24, 2.45) is 0 Å². The van der Waals surface area contributed by atoms with Crippen LogP contribution < -0.4 is 0 Å². The van der Waals surface area contributed by atoms with E-state index in [1.165, 1.54) is 10.4 Å². The number of nitrogens with zero attached hydrogens (tertiary/aromatic N) is 1. The molecule has 1 N–H and O–H groups in total. The van der Waals surface area contributed by atoms with Gasteiger partial charge in [-0.3, -0.25) is 4.79 Å². The lowest BCUT2D eigenvalue weighted by Crippen LogP contribution is -2.48. The minimum atomic E-state index is -1.08. The van der Waals surface area contributed by atoms with Gasteiger partial charge in [-0.05, 0) is 59.7 Å². The molecule has 0 atom stereocenters. The minimum absolute atomic E-state index is 0.0600. The van der Waals surface area contributed by atoms with E-state index in [9.17, 15) is 9.90 Å². The Kier molecular flexibility index (Phi) is 3.24. The molecule has 5 heteroatoms. The lowest BCUT2D eigenvalue weighted by atomic mass is 9.98. The van der Waals surface area contributed by atoms with Gasteiger partial charge in [0.15, 0.2) is 0 Å². The Balaban J connectivity index is 1.77. The molecule has 2 heterocycles. The second-order valence-corrected chi connectivity index (χ2v) is 7.73. The van der Waals surface area contributed by atoms with E-state index in [1.807, 2.05) is 4.90 Å². The van der Waals surface area contributed by atoms with Crippen molar-refractivity contribution in [3.05, 3.63) is 20.3 Å². The molecule has 2 aliphatic rings. The number of halogens is 1. The fourth-order valence-corrected chi connectivity index (χ4v) is 4.74. The van der Waals surface area contributed by atoms with Gasteiger partial charge in [0.25, 0.3) is 5.91 Å². The Hall–Kier alpha value is -0.390. The van der Waals surface area contributed by atoms with Gasteiger partial charge in [0.2, 0.25) is 0 Å². The maximum Gasteiger partial charge on any atom is 0.254 e. The SMILES string of the molecule is O=C(N1CCc2cc(Br)sc2C1)C1(O)CCCC1. The lowest BCUT2D eigenvalue weighted by molar-refractivity contribution is -0.151. The average molecular weight is 330 g/mol. The summed E-state index contributed by atoms with van der Waals surface area (Å²) in [5, 5.41) is 10.4. The number of thiophene rings is 1. The van der Waals surface area contributed by atoms with Crippen molar-refractivity contribution in [1.29, 1.82) is 0 Å². The topological polar surface area (TPSA) is 40.5 Å². The van der Waals surface area contributed by atoms with E-state index in [0.717, 1.165) is 29.6 Å². The Labute approximate surface area is 119 Å². The average Bonchev–Trinajstić information content (AvgIpc) is 2.93. The number of amides is 1. The van der Waals surface area contributed by atoms with E-state index in [0.29, 0.717) is 19.4 Å². The van der Waals surface area contributed by atoms with E-state index in [-0.39, 0.29) is 5.91 Å². The summed E-state index contributed by atoms with van der Waals surface area (Å²) in [6.45, 7) is 1.39. The van der Waals surface area contributed by atoms with Crippen LogP contribution in [0.1, 0.15) is 36.1 Å². The number of fused-ring (bicyclic) bond motifs is 1. The molecule has 3 rings (SSSR count). The molecule has 0 unspecified atom stereocenters. The van der Waals surface area contributed by atoms with Crippen molar-refractivity contribution in [3.63, 3.8) is 0 Å². The third-order valence-electron chi connectivity index (χ3n) is 3.97. The highest BCUT2D eigenvalue weighted by Gasteiger charge is 2.42. The van der Waals surface area contributed by atoms with Gasteiger partial charge in [-0.15, -0.1) is 11.3 Å². The molecule has 18 heavy (non-hydrogen) atoms. The second kappa shape index (κ2) is 4.62. The predicted molar refractivity (Wildman–Crippen MR) is 74.6 cm³/mol. The molecule has 1 amide bonds. The summed E-state index contributed by atoms with van der Waals surface area (Å²) in [4.78, 5) is 15.5. The van der Waals surface area contributed by atoms with Crippen LogP contribution in [0.25, 0.3) is 0 Å². The number of hydrogen-bond acceptors (Lipinski definition) is 3. The number of rotatable bonds is 1. The summed E-state index contributed by atoms with van der Waals surface area (Å²) in [7, 11) is 0. The molecule has 1 fully saturated rings. The van der Waals surface area contributed by atoms with Crippen LogP contribution in [-0.4, -0.2) is 28.1 Å². The molecule has 0 saturated heterocycles. The maximum atomic E-state index is 12.4. The summed E-state index contributed by atoms with van der Waals surface area (Å²) < 4.78 is 1.13. The van der Waals surface area contributed by atoms with E-state index < -0.39 is 5.60 Å². The van der Waals surface area contributed by atoms with Crippen molar-refractivity contribution in [2.75, 3.05) is 6.54 Å². The van der Waals surface area contributed by atoms with Crippen molar-refractivity contribution in [2.45, 2.75) is 44.2 Å². The van der Waals surface area contributed by atoms with E-state index in [1.54, 1.807) is 11.3 Å². The molecule has 0 bridgehead atoms. The van der Waals surface area contributed by atoms with Crippen LogP contribution in [0.5, 0.6) is 0 Å². The zero-order valence-electron chi connectivity index (χ0n) is 10.1. The van der Waals surface area contributed by atoms with Crippen LogP contribution >= 0.6 is 27.3 Å². The van der Waals surface area contributed by atoms with Crippen LogP contribution in [-0.2, 0) is 17.8 Å². The van der Waals surface area contributed by atoms with Crippen molar-refractivity contribution in [1.82, 2.24) is 4.90 Å². The standard InChI is InChI=1S/C13H16BrNO2S/c14-11-7-9-3-6-15(8-10(9)18-11)12(16)13(17)4-1-2-5-13/h7,17H,1-6,8H2. The maximum absolute atomic E-state index is 12.4. The second-order valence-electron chi connectivity index (χ2n) is 5.21. The lowest BCUT2D eigenvalue weighted by Gasteiger charge is -2.33. The molecule has 1 aromatic heterocycles. The number of carbonyl (C=O) groups excluding carboxylic acids is 1. The summed E-state index contributed by atoms with van der Waals surface area (Å²) in [5.74, 6) is -0.0600. The van der Waals surface area contributed by atoms with Crippen molar-refractivity contribution < 1.29 is 9.90 Å². The quantitative estimate of drug-likeness (QED) is 0.860.